The van der Waals surface area contributed by atoms with Crippen LogP contribution in [0.4, 0.5) is 0 Å². The summed E-state index contributed by atoms with van der Waals surface area (Å²) in [5.74, 6) is 0. The zero-order valence-electron chi connectivity index (χ0n) is 8.44. The first kappa shape index (κ1) is 13.9. The number of aliphatic hydroxyl groups is 1. The molecule has 90 valence electrons. The van der Waals surface area contributed by atoms with Gasteiger partial charge in [-0.1, -0.05) is 11.6 Å². The number of sulfonamides is 1. The summed E-state index contributed by atoms with van der Waals surface area (Å²) < 4.78 is 26.4. The SMILES string of the molecule is CC(CO)NS(=O)(=O)c1ccc(Cl)c(Br)c1. The Morgan fingerprint density at radius 3 is 2.69 bits per heavy atom. The van der Waals surface area contributed by atoms with Crippen molar-refractivity contribution in [2.45, 2.75) is 17.9 Å². The fourth-order valence-corrected chi connectivity index (χ4v) is 2.92. The van der Waals surface area contributed by atoms with Gasteiger partial charge in [0.1, 0.15) is 0 Å². The molecule has 0 bridgehead atoms. The summed E-state index contributed by atoms with van der Waals surface area (Å²) in [7, 11) is -3.61. The lowest BCUT2D eigenvalue weighted by Gasteiger charge is -2.11. The zero-order valence-corrected chi connectivity index (χ0v) is 11.6. The maximum absolute atomic E-state index is 11.8. The van der Waals surface area contributed by atoms with Crippen molar-refractivity contribution in [3.05, 3.63) is 27.7 Å². The van der Waals surface area contributed by atoms with Gasteiger partial charge in [0.15, 0.2) is 0 Å². The van der Waals surface area contributed by atoms with E-state index in [0.29, 0.717) is 9.50 Å². The van der Waals surface area contributed by atoms with Gasteiger partial charge >= 0.3 is 0 Å². The van der Waals surface area contributed by atoms with E-state index in [2.05, 4.69) is 20.7 Å². The van der Waals surface area contributed by atoms with E-state index < -0.39 is 16.1 Å². The van der Waals surface area contributed by atoms with Crippen LogP contribution in [0, 0.1) is 0 Å². The van der Waals surface area contributed by atoms with E-state index in [4.69, 9.17) is 16.7 Å². The van der Waals surface area contributed by atoms with Gasteiger partial charge in [-0.15, -0.1) is 0 Å². The molecule has 0 aliphatic carbocycles. The van der Waals surface area contributed by atoms with Crippen molar-refractivity contribution in [2.75, 3.05) is 6.61 Å². The van der Waals surface area contributed by atoms with E-state index in [0.717, 1.165) is 0 Å². The Kier molecular flexibility index (Phi) is 4.75. The van der Waals surface area contributed by atoms with Gasteiger partial charge in [-0.2, -0.15) is 0 Å². The summed E-state index contributed by atoms with van der Waals surface area (Å²) >= 11 is 8.91. The molecule has 0 fully saturated rings. The smallest absolute Gasteiger partial charge is 0.240 e. The Labute approximate surface area is 108 Å². The average molecular weight is 329 g/mol. The molecule has 0 saturated carbocycles. The van der Waals surface area contributed by atoms with Crippen LogP contribution in [0.2, 0.25) is 5.02 Å². The normalized spacial score (nSPS) is 13.8. The standard InChI is InChI=1S/C9H11BrClNO3S/c1-6(5-13)12-16(14,15)7-2-3-9(11)8(10)4-7/h2-4,6,12-13H,5H2,1H3. The molecule has 1 atom stereocenters. The highest BCUT2D eigenvalue weighted by Gasteiger charge is 2.17. The predicted molar refractivity (Wildman–Crippen MR) is 66.0 cm³/mol. The molecule has 1 rings (SSSR count). The molecule has 0 saturated heterocycles. The van der Waals surface area contributed by atoms with Crippen LogP contribution in [0.3, 0.4) is 0 Å². The fraction of sp³-hybridized carbons (Fsp3) is 0.333. The van der Waals surface area contributed by atoms with Gasteiger partial charge < -0.3 is 5.11 Å². The van der Waals surface area contributed by atoms with Crippen molar-refractivity contribution in [3.63, 3.8) is 0 Å². The molecule has 1 aromatic carbocycles. The van der Waals surface area contributed by atoms with E-state index in [1.165, 1.54) is 18.2 Å². The van der Waals surface area contributed by atoms with E-state index in [1.54, 1.807) is 6.92 Å². The Morgan fingerprint density at radius 1 is 1.56 bits per heavy atom. The van der Waals surface area contributed by atoms with Gasteiger partial charge in [-0.25, -0.2) is 13.1 Å². The highest BCUT2D eigenvalue weighted by molar-refractivity contribution is 9.10. The topological polar surface area (TPSA) is 66.4 Å². The first-order valence-corrected chi connectivity index (χ1v) is 7.10. The van der Waals surface area contributed by atoms with Crippen LogP contribution in [0.1, 0.15) is 6.92 Å². The van der Waals surface area contributed by atoms with Crippen molar-refractivity contribution in [2.24, 2.45) is 0 Å². The van der Waals surface area contributed by atoms with Gasteiger partial charge in [0, 0.05) is 10.5 Å². The number of hydrogen-bond acceptors (Lipinski definition) is 3. The van der Waals surface area contributed by atoms with E-state index in [-0.39, 0.29) is 11.5 Å². The molecule has 1 aromatic rings. The van der Waals surface area contributed by atoms with Gasteiger partial charge in [0.2, 0.25) is 10.0 Å². The summed E-state index contributed by atoms with van der Waals surface area (Å²) in [6.07, 6.45) is 0. The minimum Gasteiger partial charge on any atom is -0.395 e. The monoisotopic (exact) mass is 327 g/mol. The lowest BCUT2D eigenvalue weighted by molar-refractivity contribution is 0.265. The van der Waals surface area contributed by atoms with Crippen LogP contribution in [0.15, 0.2) is 27.6 Å². The van der Waals surface area contributed by atoms with Crippen LogP contribution >= 0.6 is 27.5 Å². The summed E-state index contributed by atoms with van der Waals surface area (Å²) in [6.45, 7) is 1.32. The van der Waals surface area contributed by atoms with Crippen molar-refractivity contribution >= 4 is 37.6 Å². The molecule has 0 aromatic heterocycles. The minimum absolute atomic E-state index is 0.101. The van der Waals surface area contributed by atoms with Crippen LogP contribution in [-0.4, -0.2) is 26.2 Å². The number of hydrogen-bond donors (Lipinski definition) is 2. The van der Waals surface area contributed by atoms with Crippen LogP contribution in [0.5, 0.6) is 0 Å². The molecular weight excluding hydrogens is 318 g/mol. The lowest BCUT2D eigenvalue weighted by Crippen LogP contribution is -2.34. The number of nitrogens with one attached hydrogen (secondary N) is 1. The Morgan fingerprint density at radius 2 is 2.19 bits per heavy atom. The maximum Gasteiger partial charge on any atom is 0.240 e. The van der Waals surface area contributed by atoms with Crippen LogP contribution in [0.25, 0.3) is 0 Å². The molecular formula is C9H11BrClNO3S. The molecule has 0 spiro atoms. The third-order valence-electron chi connectivity index (χ3n) is 1.83. The van der Waals surface area contributed by atoms with E-state index in [1.807, 2.05) is 0 Å². The number of aliphatic hydroxyl groups excluding tert-OH is 1. The van der Waals surface area contributed by atoms with Gasteiger partial charge in [-0.05, 0) is 41.1 Å². The highest BCUT2D eigenvalue weighted by Crippen LogP contribution is 2.25. The van der Waals surface area contributed by atoms with Crippen molar-refractivity contribution in [1.82, 2.24) is 4.72 Å². The van der Waals surface area contributed by atoms with Gasteiger partial charge in [0.05, 0.1) is 16.5 Å². The number of rotatable bonds is 4. The quantitative estimate of drug-likeness (QED) is 0.885. The zero-order chi connectivity index (χ0) is 12.3. The first-order chi connectivity index (χ1) is 7.36. The molecule has 16 heavy (non-hydrogen) atoms. The minimum atomic E-state index is -3.61. The molecule has 2 N–H and O–H groups in total. The first-order valence-electron chi connectivity index (χ1n) is 4.45. The largest absolute Gasteiger partial charge is 0.395 e. The Hall–Kier alpha value is -0.140. The summed E-state index contributed by atoms with van der Waals surface area (Å²) in [6, 6.07) is 3.78. The second-order valence-electron chi connectivity index (χ2n) is 3.28. The summed E-state index contributed by atoms with van der Waals surface area (Å²) in [4.78, 5) is 0.101. The maximum atomic E-state index is 11.8. The molecule has 0 amide bonds. The second-order valence-corrected chi connectivity index (χ2v) is 6.26. The predicted octanol–water partition coefficient (Wildman–Crippen LogP) is 1.76. The summed E-state index contributed by atoms with van der Waals surface area (Å²) in [5, 5.41) is 9.23. The number of halogens is 2. The molecule has 0 aliphatic rings. The van der Waals surface area contributed by atoms with Gasteiger partial charge in [0.25, 0.3) is 0 Å². The Bertz CT molecular complexity index is 478. The highest BCUT2D eigenvalue weighted by atomic mass is 79.9. The molecule has 0 radical (unpaired) electrons. The Balaban J connectivity index is 3.03. The molecule has 1 unspecified atom stereocenters. The molecule has 4 nitrogen and oxygen atoms in total. The summed E-state index contributed by atoms with van der Waals surface area (Å²) in [5.41, 5.74) is 0. The van der Waals surface area contributed by atoms with Crippen LogP contribution < -0.4 is 4.72 Å². The fourth-order valence-electron chi connectivity index (χ4n) is 1.01. The van der Waals surface area contributed by atoms with Gasteiger partial charge in [-0.3, -0.25) is 0 Å². The average Bonchev–Trinajstić information content (AvgIpc) is 2.21. The van der Waals surface area contributed by atoms with E-state index >= 15 is 0 Å². The molecule has 7 heteroatoms. The van der Waals surface area contributed by atoms with Crippen molar-refractivity contribution in [3.8, 4) is 0 Å². The molecule has 0 heterocycles. The van der Waals surface area contributed by atoms with Crippen molar-refractivity contribution < 1.29 is 13.5 Å². The lowest BCUT2D eigenvalue weighted by atomic mass is 10.4. The number of benzene rings is 1. The third-order valence-corrected chi connectivity index (χ3v) is 4.63. The van der Waals surface area contributed by atoms with E-state index in [9.17, 15) is 8.42 Å². The third kappa shape index (κ3) is 3.43. The molecule has 0 aliphatic heterocycles. The second kappa shape index (κ2) is 5.46. The van der Waals surface area contributed by atoms with Crippen molar-refractivity contribution in [1.29, 1.82) is 0 Å². The van der Waals surface area contributed by atoms with Crippen LogP contribution in [-0.2, 0) is 10.0 Å².